The quantitative estimate of drug-likeness (QED) is 0.797. The predicted octanol–water partition coefficient (Wildman–Crippen LogP) is 3.40. The van der Waals surface area contributed by atoms with Crippen LogP contribution < -0.4 is 0 Å². The highest BCUT2D eigenvalue weighted by atomic mass is 35.5. The summed E-state index contributed by atoms with van der Waals surface area (Å²) in [4.78, 5) is 22.4. The van der Waals surface area contributed by atoms with Gasteiger partial charge in [0.2, 0.25) is 0 Å². The van der Waals surface area contributed by atoms with E-state index in [1.165, 1.54) is 0 Å². The summed E-state index contributed by atoms with van der Waals surface area (Å²) in [6.07, 6.45) is 0.221. The van der Waals surface area contributed by atoms with Crippen LogP contribution in [0.4, 0.5) is 4.79 Å². The molecule has 1 aromatic carbocycles. The first-order chi connectivity index (χ1) is 11.7. The zero-order valence-electron chi connectivity index (χ0n) is 14.4. The van der Waals surface area contributed by atoms with Crippen molar-refractivity contribution in [3.63, 3.8) is 0 Å². The van der Waals surface area contributed by atoms with Gasteiger partial charge in [-0.15, -0.1) is 0 Å². The molecule has 2 heterocycles. The molecular weight excluding hydrogens is 362 g/mol. The molecule has 0 bridgehead atoms. The molecule has 0 N–H and O–H groups in total. The highest BCUT2D eigenvalue weighted by Gasteiger charge is 2.34. The van der Waals surface area contributed by atoms with Crippen molar-refractivity contribution in [2.24, 2.45) is 0 Å². The van der Waals surface area contributed by atoms with Crippen molar-refractivity contribution in [1.29, 1.82) is 0 Å². The molecule has 25 heavy (non-hydrogen) atoms. The lowest BCUT2D eigenvalue weighted by Crippen LogP contribution is -2.36. The number of aromatic nitrogens is 2. The van der Waals surface area contributed by atoms with Crippen molar-refractivity contribution in [3.8, 4) is 0 Å². The number of nitrogens with zero attached hydrogens (tertiary/aromatic N) is 3. The van der Waals surface area contributed by atoms with Gasteiger partial charge in [0, 0.05) is 13.1 Å². The molecule has 1 fully saturated rings. The maximum atomic E-state index is 12.9. The molecule has 1 aliphatic heterocycles. The fourth-order valence-electron chi connectivity index (χ4n) is 2.64. The third-order valence-electron chi connectivity index (χ3n) is 3.79. The standard InChI is InChI=1S/C17H20ClN3O3S/c1-17(2,3)24-16(22)21-9-8-11(10-21)25(23)15-14(18)19-12-6-4-5-7-13(12)20-15/h4-7,11H,8-10H2,1-3H3. The minimum absolute atomic E-state index is 0.146. The summed E-state index contributed by atoms with van der Waals surface area (Å²) < 4.78 is 18.3. The molecule has 1 amide bonds. The third-order valence-corrected chi connectivity index (χ3v) is 5.82. The summed E-state index contributed by atoms with van der Waals surface area (Å²) in [5.41, 5.74) is 0.758. The van der Waals surface area contributed by atoms with Crippen LogP contribution >= 0.6 is 11.6 Å². The molecule has 2 atom stereocenters. The van der Waals surface area contributed by atoms with E-state index in [1.807, 2.05) is 32.9 Å². The van der Waals surface area contributed by atoms with Gasteiger partial charge in [-0.05, 0) is 39.3 Å². The molecule has 6 nitrogen and oxygen atoms in total. The Kier molecular flexibility index (Phi) is 4.97. The second-order valence-electron chi connectivity index (χ2n) is 6.94. The van der Waals surface area contributed by atoms with E-state index in [1.54, 1.807) is 17.0 Å². The number of carbonyl (C=O) groups excluding carboxylic acids is 1. The van der Waals surface area contributed by atoms with Gasteiger partial charge in [0.05, 0.1) is 27.1 Å². The number of benzene rings is 1. The first-order valence-electron chi connectivity index (χ1n) is 8.05. The van der Waals surface area contributed by atoms with Crippen LogP contribution in [0.1, 0.15) is 27.2 Å². The van der Waals surface area contributed by atoms with Crippen LogP contribution in [0.3, 0.4) is 0 Å². The summed E-state index contributed by atoms with van der Waals surface area (Å²) in [7, 11) is -1.44. The van der Waals surface area contributed by atoms with Gasteiger partial charge in [0.15, 0.2) is 10.2 Å². The van der Waals surface area contributed by atoms with Gasteiger partial charge in [-0.3, -0.25) is 4.21 Å². The first kappa shape index (κ1) is 18.1. The van der Waals surface area contributed by atoms with Crippen molar-refractivity contribution in [2.45, 2.75) is 43.1 Å². The number of hydrogen-bond acceptors (Lipinski definition) is 5. The van der Waals surface area contributed by atoms with Crippen LogP contribution in [0, 0.1) is 0 Å². The van der Waals surface area contributed by atoms with E-state index in [4.69, 9.17) is 16.3 Å². The second kappa shape index (κ2) is 6.88. The molecular formula is C17H20ClN3O3S. The van der Waals surface area contributed by atoms with Crippen LogP contribution in [0.25, 0.3) is 11.0 Å². The summed E-state index contributed by atoms with van der Waals surface area (Å²) in [5, 5.41) is 0.185. The lowest BCUT2D eigenvalue weighted by Gasteiger charge is -2.24. The Morgan fingerprint density at radius 1 is 1.28 bits per heavy atom. The van der Waals surface area contributed by atoms with Crippen molar-refractivity contribution in [3.05, 3.63) is 29.4 Å². The molecule has 2 unspecified atom stereocenters. The number of halogens is 1. The second-order valence-corrected chi connectivity index (χ2v) is 8.95. The number of para-hydroxylation sites is 2. The number of amides is 1. The van der Waals surface area contributed by atoms with E-state index in [9.17, 15) is 9.00 Å². The minimum atomic E-state index is -1.44. The van der Waals surface area contributed by atoms with E-state index in [-0.39, 0.29) is 21.5 Å². The van der Waals surface area contributed by atoms with Crippen molar-refractivity contribution in [2.75, 3.05) is 13.1 Å². The van der Waals surface area contributed by atoms with Crippen LogP contribution in [0.5, 0.6) is 0 Å². The summed E-state index contributed by atoms with van der Waals surface area (Å²) >= 11 is 6.19. The SMILES string of the molecule is CC(C)(C)OC(=O)N1CCC(S(=O)c2nc3ccccc3nc2Cl)C1. The summed E-state index contributed by atoms with van der Waals surface area (Å²) in [5.74, 6) is 0. The van der Waals surface area contributed by atoms with Gasteiger partial charge in [0.1, 0.15) is 5.60 Å². The number of ether oxygens (including phenoxy) is 1. The Labute approximate surface area is 154 Å². The fourth-order valence-corrected chi connectivity index (χ4v) is 4.36. The molecule has 0 radical (unpaired) electrons. The van der Waals surface area contributed by atoms with Crippen molar-refractivity contribution < 1.29 is 13.7 Å². The number of rotatable bonds is 2. The first-order valence-corrected chi connectivity index (χ1v) is 9.64. The minimum Gasteiger partial charge on any atom is -0.444 e. The molecule has 0 spiro atoms. The molecule has 1 aromatic heterocycles. The van der Waals surface area contributed by atoms with E-state index in [0.29, 0.717) is 30.5 Å². The maximum Gasteiger partial charge on any atom is 0.410 e. The molecule has 8 heteroatoms. The molecule has 0 saturated carbocycles. The monoisotopic (exact) mass is 381 g/mol. The van der Waals surface area contributed by atoms with Gasteiger partial charge in [0.25, 0.3) is 0 Å². The van der Waals surface area contributed by atoms with E-state index < -0.39 is 16.4 Å². The zero-order chi connectivity index (χ0) is 18.2. The Hall–Kier alpha value is -1.73. The molecule has 2 aromatic rings. The van der Waals surface area contributed by atoms with Gasteiger partial charge < -0.3 is 9.64 Å². The highest BCUT2D eigenvalue weighted by Crippen LogP contribution is 2.26. The Morgan fingerprint density at radius 3 is 2.56 bits per heavy atom. The predicted molar refractivity (Wildman–Crippen MR) is 97.2 cm³/mol. The lowest BCUT2D eigenvalue weighted by atomic mass is 10.2. The van der Waals surface area contributed by atoms with Crippen LogP contribution in [-0.4, -0.2) is 49.1 Å². The average molecular weight is 382 g/mol. The van der Waals surface area contributed by atoms with Crippen LogP contribution in [0.15, 0.2) is 29.3 Å². The smallest absolute Gasteiger partial charge is 0.410 e. The molecule has 134 valence electrons. The fraction of sp³-hybridized carbons (Fsp3) is 0.471. The number of likely N-dealkylation sites (tertiary alicyclic amines) is 1. The number of hydrogen-bond donors (Lipinski definition) is 0. The van der Waals surface area contributed by atoms with Gasteiger partial charge in [-0.25, -0.2) is 14.8 Å². The van der Waals surface area contributed by atoms with Crippen LogP contribution in [0.2, 0.25) is 5.15 Å². The van der Waals surface area contributed by atoms with E-state index in [2.05, 4.69) is 9.97 Å². The summed E-state index contributed by atoms with van der Waals surface area (Å²) in [6.45, 7) is 6.32. The average Bonchev–Trinajstić information content (AvgIpc) is 3.02. The number of fused-ring (bicyclic) bond motifs is 1. The topological polar surface area (TPSA) is 72.4 Å². The Balaban J connectivity index is 1.76. The van der Waals surface area contributed by atoms with Crippen molar-refractivity contribution >= 4 is 39.5 Å². The lowest BCUT2D eigenvalue weighted by molar-refractivity contribution is 0.0295. The number of carbonyl (C=O) groups is 1. The maximum absolute atomic E-state index is 12.9. The molecule has 3 rings (SSSR count). The summed E-state index contributed by atoms with van der Waals surface area (Å²) in [6, 6.07) is 7.30. The molecule has 0 aliphatic carbocycles. The Bertz CT molecular complexity index is 837. The molecule has 1 saturated heterocycles. The zero-order valence-corrected chi connectivity index (χ0v) is 15.9. The van der Waals surface area contributed by atoms with Crippen LogP contribution in [-0.2, 0) is 15.5 Å². The van der Waals surface area contributed by atoms with E-state index >= 15 is 0 Å². The van der Waals surface area contributed by atoms with E-state index in [0.717, 1.165) is 0 Å². The largest absolute Gasteiger partial charge is 0.444 e. The third kappa shape index (κ3) is 4.10. The van der Waals surface area contributed by atoms with Gasteiger partial charge in [-0.2, -0.15) is 0 Å². The molecule has 1 aliphatic rings. The highest BCUT2D eigenvalue weighted by molar-refractivity contribution is 7.85. The van der Waals surface area contributed by atoms with Gasteiger partial charge >= 0.3 is 6.09 Å². The van der Waals surface area contributed by atoms with Crippen molar-refractivity contribution in [1.82, 2.24) is 14.9 Å². The Morgan fingerprint density at radius 2 is 1.92 bits per heavy atom. The normalized spacial score (nSPS) is 19.2. The van der Waals surface area contributed by atoms with Gasteiger partial charge in [-0.1, -0.05) is 23.7 Å².